The predicted molar refractivity (Wildman–Crippen MR) is 84.0 cm³/mol. The topological polar surface area (TPSA) is 75.4 Å². The third kappa shape index (κ3) is 3.83. The molecule has 1 aromatic rings. The number of hydrogen-bond donors (Lipinski definition) is 3. The van der Waals surface area contributed by atoms with E-state index < -0.39 is 5.91 Å². The van der Waals surface area contributed by atoms with Crippen LogP contribution in [0.3, 0.4) is 0 Å². The van der Waals surface area contributed by atoms with Gasteiger partial charge in [0.1, 0.15) is 0 Å². The fraction of sp³-hybridized carbons (Fsp3) is 0.588. The summed E-state index contributed by atoms with van der Waals surface area (Å²) in [6, 6.07) is 5.54. The molecule has 0 unspecified atom stereocenters. The maximum absolute atomic E-state index is 11.2. The Morgan fingerprint density at radius 3 is 2.62 bits per heavy atom. The Hall–Kier alpha value is -1.39. The Morgan fingerprint density at radius 2 is 2.10 bits per heavy atom. The molecule has 1 saturated carbocycles. The summed E-state index contributed by atoms with van der Waals surface area (Å²) >= 11 is 0. The van der Waals surface area contributed by atoms with Crippen LogP contribution in [0.2, 0.25) is 0 Å². The number of aliphatic hydroxyl groups excluding tert-OH is 1. The predicted octanol–water partition coefficient (Wildman–Crippen LogP) is 2.12. The van der Waals surface area contributed by atoms with Crippen LogP contribution in [0, 0.1) is 12.8 Å². The first-order chi connectivity index (χ1) is 9.96. The molecule has 0 heterocycles. The first-order valence-corrected chi connectivity index (χ1v) is 7.71. The zero-order valence-corrected chi connectivity index (χ0v) is 13.0. The van der Waals surface area contributed by atoms with E-state index in [0.717, 1.165) is 42.7 Å². The van der Waals surface area contributed by atoms with Gasteiger partial charge in [-0.05, 0) is 61.8 Å². The monoisotopic (exact) mass is 290 g/mol. The van der Waals surface area contributed by atoms with Crippen molar-refractivity contribution in [2.75, 3.05) is 6.61 Å². The molecule has 1 fully saturated rings. The molecule has 4 N–H and O–H groups in total. The largest absolute Gasteiger partial charge is 0.394 e. The molecule has 0 atom stereocenters. The summed E-state index contributed by atoms with van der Waals surface area (Å²) in [7, 11) is 0. The van der Waals surface area contributed by atoms with Crippen LogP contribution < -0.4 is 11.1 Å². The zero-order valence-electron chi connectivity index (χ0n) is 13.0. The minimum atomic E-state index is -0.397. The molecule has 0 bridgehead atoms. The van der Waals surface area contributed by atoms with E-state index in [2.05, 4.69) is 12.2 Å². The van der Waals surface area contributed by atoms with Crippen LogP contribution in [-0.4, -0.2) is 23.2 Å². The van der Waals surface area contributed by atoms with Gasteiger partial charge in [-0.25, -0.2) is 0 Å². The first-order valence-electron chi connectivity index (χ1n) is 7.71. The smallest absolute Gasteiger partial charge is 0.248 e. The molecule has 0 spiro atoms. The van der Waals surface area contributed by atoms with Gasteiger partial charge in [-0.2, -0.15) is 0 Å². The fourth-order valence-electron chi connectivity index (χ4n) is 3.04. The van der Waals surface area contributed by atoms with Crippen molar-refractivity contribution >= 4 is 5.91 Å². The highest BCUT2D eigenvalue weighted by Gasteiger charge is 2.33. The van der Waals surface area contributed by atoms with Crippen LogP contribution in [0.1, 0.15) is 54.1 Å². The Morgan fingerprint density at radius 1 is 1.43 bits per heavy atom. The minimum absolute atomic E-state index is 0.151. The van der Waals surface area contributed by atoms with Crippen molar-refractivity contribution < 1.29 is 9.90 Å². The molecule has 4 heteroatoms. The summed E-state index contributed by atoms with van der Waals surface area (Å²) in [4.78, 5) is 11.2. The molecular formula is C17H26N2O2. The summed E-state index contributed by atoms with van der Waals surface area (Å²) in [5.74, 6) is 0.355. The number of nitrogens with one attached hydrogen (secondary N) is 1. The Labute approximate surface area is 126 Å². The lowest BCUT2D eigenvalue weighted by molar-refractivity contribution is 0.1000. The van der Waals surface area contributed by atoms with Crippen molar-refractivity contribution in [3.8, 4) is 0 Å². The number of benzene rings is 1. The Balaban J connectivity index is 2.03. The molecule has 0 saturated heterocycles. The molecule has 0 aromatic heterocycles. The number of nitrogens with two attached hydrogens (primary N) is 1. The van der Waals surface area contributed by atoms with Crippen molar-refractivity contribution in [1.82, 2.24) is 5.32 Å². The van der Waals surface area contributed by atoms with E-state index in [-0.39, 0.29) is 12.1 Å². The zero-order chi connectivity index (χ0) is 15.5. The maximum atomic E-state index is 11.2. The van der Waals surface area contributed by atoms with Crippen LogP contribution in [0.4, 0.5) is 0 Å². The van der Waals surface area contributed by atoms with Crippen molar-refractivity contribution in [2.45, 2.75) is 51.6 Å². The molecule has 1 aliphatic carbocycles. The molecule has 1 aromatic carbocycles. The number of rotatable bonds is 5. The summed E-state index contributed by atoms with van der Waals surface area (Å²) in [5.41, 5.74) is 7.88. The quantitative estimate of drug-likeness (QED) is 0.777. The van der Waals surface area contributed by atoms with Gasteiger partial charge < -0.3 is 16.2 Å². The third-order valence-corrected chi connectivity index (χ3v) is 4.81. The second-order valence-corrected chi connectivity index (χ2v) is 6.48. The van der Waals surface area contributed by atoms with Gasteiger partial charge in [0.15, 0.2) is 0 Å². The van der Waals surface area contributed by atoms with E-state index in [1.807, 2.05) is 19.1 Å². The van der Waals surface area contributed by atoms with Gasteiger partial charge in [0.25, 0.3) is 0 Å². The highest BCUT2D eigenvalue weighted by atomic mass is 16.3. The van der Waals surface area contributed by atoms with Gasteiger partial charge in [-0.1, -0.05) is 13.0 Å². The number of amides is 1. The summed E-state index contributed by atoms with van der Waals surface area (Å²) in [5, 5.41) is 13.3. The van der Waals surface area contributed by atoms with E-state index in [4.69, 9.17) is 5.73 Å². The molecule has 2 rings (SSSR count). The highest BCUT2D eigenvalue weighted by molar-refractivity contribution is 5.93. The molecule has 21 heavy (non-hydrogen) atoms. The van der Waals surface area contributed by atoms with Gasteiger partial charge in [-0.3, -0.25) is 4.79 Å². The van der Waals surface area contributed by atoms with Gasteiger partial charge in [0.2, 0.25) is 5.91 Å². The minimum Gasteiger partial charge on any atom is -0.394 e. The molecular weight excluding hydrogens is 264 g/mol. The van der Waals surface area contributed by atoms with Gasteiger partial charge >= 0.3 is 0 Å². The Bertz CT molecular complexity index is 506. The number of aryl methyl sites for hydroxylation is 1. The molecule has 0 aliphatic heterocycles. The molecule has 1 aliphatic rings. The highest BCUT2D eigenvalue weighted by Crippen LogP contribution is 2.32. The van der Waals surface area contributed by atoms with Crippen molar-refractivity contribution in [2.24, 2.45) is 11.7 Å². The number of hydrogen-bond acceptors (Lipinski definition) is 3. The van der Waals surface area contributed by atoms with Crippen LogP contribution in [0.25, 0.3) is 0 Å². The van der Waals surface area contributed by atoms with E-state index in [9.17, 15) is 9.90 Å². The summed E-state index contributed by atoms with van der Waals surface area (Å²) < 4.78 is 0. The van der Waals surface area contributed by atoms with Crippen molar-refractivity contribution in [1.29, 1.82) is 0 Å². The molecule has 116 valence electrons. The van der Waals surface area contributed by atoms with E-state index in [1.165, 1.54) is 0 Å². The lowest BCUT2D eigenvalue weighted by Crippen LogP contribution is -2.50. The molecule has 0 radical (unpaired) electrons. The van der Waals surface area contributed by atoms with Gasteiger partial charge in [-0.15, -0.1) is 0 Å². The standard InChI is InChI=1S/C17H26N2O2/c1-12-5-7-17(11-20,8-6-12)19-10-15-4-3-14(16(18)21)9-13(15)2/h3-4,9,12,19-20H,5-8,10-11H2,1-2H3,(H2,18,21). The van der Waals surface area contributed by atoms with Crippen LogP contribution in [0.5, 0.6) is 0 Å². The summed E-state index contributed by atoms with van der Waals surface area (Å²) in [6.07, 6.45) is 4.35. The van der Waals surface area contributed by atoms with E-state index in [1.54, 1.807) is 6.07 Å². The van der Waals surface area contributed by atoms with E-state index in [0.29, 0.717) is 12.1 Å². The number of aliphatic hydroxyl groups is 1. The van der Waals surface area contributed by atoms with Crippen LogP contribution >= 0.6 is 0 Å². The molecule has 1 amide bonds. The lowest BCUT2D eigenvalue weighted by Gasteiger charge is -2.39. The van der Waals surface area contributed by atoms with Gasteiger partial charge in [0, 0.05) is 17.6 Å². The first kappa shape index (κ1) is 16.0. The number of carbonyl (C=O) groups is 1. The van der Waals surface area contributed by atoms with E-state index >= 15 is 0 Å². The second-order valence-electron chi connectivity index (χ2n) is 6.48. The Kier molecular flexibility index (Phi) is 5.01. The molecule has 4 nitrogen and oxygen atoms in total. The van der Waals surface area contributed by atoms with Gasteiger partial charge in [0.05, 0.1) is 6.61 Å². The number of carbonyl (C=O) groups excluding carboxylic acids is 1. The van der Waals surface area contributed by atoms with Crippen LogP contribution in [-0.2, 0) is 6.54 Å². The average molecular weight is 290 g/mol. The summed E-state index contributed by atoms with van der Waals surface area (Å²) in [6.45, 7) is 5.14. The second kappa shape index (κ2) is 6.58. The normalized spacial score (nSPS) is 25.8. The SMILES string of the molecule is Cc1cc(C(N)=O)ccc1CNC1(CO)CCC(C)CC1. The number of primary amides is 1. The fourth-order valence-corrected chi connectivity index (χ4v) is 3.04. The lowest BCUT2D eigenvalue weighted by atomic mass is 9.77. The average Bonchev–Trinajstić information content (AvgIpc) is 2.48. The third-order valence-electron chi connectivity index (χ3n) is 4.81. The van der Waals surface area contributed by atoms with Crippen molar-refractivity contribution in [3.05, 3.63) is 34.9 Å². The van der Waals surface area contributed by atoms with Crippen molar-refractivity contribution in [3.63, 3.8) is 0 Å². The van der Waals surface area contributed by atoms with Crippen LogP contribution in [0.15, 0.2) is 18.2 Å². The maximum Gasteiger partial charge on any atom is 0.248 e.